The molecule has 0 aromatic heterocycles. The molecule has 1 amide bonds. The van der Waals surface area contributed by atoms with Crippen molar-refractivity contribution in [1.29, 1.82) is 0 Å². The predicted molar refractivity (Wildman–Crippen MR) is 82.8 cm³/mol. The first-order valence-electron chi connectivity index (χ1n) is 6.78. The van der Waals surface area contributed by atoms with E-state index in [1.807, 2.05) is 31.2 Å². The van der Waals surface area contributed by atoms with Gasteiger partial charge in [-0.3, -0.25) is 4.79 Å². The Morgan fingerprint density at radius 3 is 2.63 bits per heavy atom. The van der Waals surface area contributed by atoms with Crippen molar-refractivity contribution in [2.75, 3.05) is 6.54 Å². The fourth-order valence-corrected chi connectivity index (χ4v) is 2.65. The second-order valence-corrected chi connectivity index (χ2v) is 5.89. The molecule has 1 unspecified atom stereocenters. The molecule has 0 fully saturated rings. The molecule has 2 atom stereocenters. The van der Waals surface area contributed by atoms with Crippen molar-refractivity contribution in [1.82, 2.24) is 5.32 Å². The van der Waals surface area contributed by atoms with Crippen molar-refractivity contribution >= 4 is 21.8 Å². The number of carbonyl (C=O) groups is 1. The average Bonchev–Trinajstić information content (AvgIpc) is 2.37. The molecule has 0 saturated carbocycles. The zero-order valence-corrected chi connectivity index (χ0v) is 13.2. The second-order valence-electron chi connectivity index (χ2n) is 5.03. The third-order valence-corrected chi connectivity index (χ3v) is 4.00. The van der Waals surface area contributed by atoms with Crippen molar-refractivity contribution in [3.8, 4) is 0 Å². The first-order valence-corrected chi connectivity index (χ1v) is 7.57. The van der Waals surface area contributed by atoms with E-state index < -0.39 is 0 Å². The lowest BCUT2D eigenvalue weighted by Crippen LogP contribution is -2.27. The van der Waals surface area contributed by atoms with Crippen LogP contribution in [-0.4, -0.2) is 12.5 Å². The Morgan fingerprint density at radius 1 is 1.32 bits per heavy atom. The predicted octanol–water partition coefficient (Wildman–Crippen LogP) is 3.39. The van der Waals surface area contributed by atoms with E-state index in [1.165, 1.54) is 0 Å². The van der Waals surface area contributed by atoms with Gasteiger partial charge < -0.3 is 11.1 Å². The highest BCUT2D eigenvalue weighted by atomic mass is 79.9. The molecule has 0 aliphatic heterocycles. The number of hydrogen-bond acceptors (Lipinski definition) is 2. The summed E-state index contributed by atoms with van der Waals surface area (Å²) < 4.78 is 1.03. The molecule has 1 aromatic rings. The minimum atomic E-state index is 0.0212. The third-order valence-electron chi connectivity index (χ3n) is 3.27. The molecular formula is C15H23BrN2O. The number of hydrogen-bond donors (Lipinski definition) is 2. The van der Waals surface area contributed by atoms with Gasteiger partial charge >= 0.3 is 0 Å². The van der Waals surface area contributed by atoms with Gasteiger partial charge in [0.2, 0.25) is 5.91 Å². The zero-order valence-electron chi connectivity index (χ0n) is 11.7. The van der Waals surface area contributed by atoms with Crippen molar-refractivity contribution < 1.29 is 4.79 Å². The highest BCUT2D eigenvalue weighted by molar-refractivity contribution is 9.10. The van der Waals surface area contributed by atoms with E-state index in [4.69, 9.17) is 5.73 Å². The van der Waals surface area contributed by atoms with E-state index >= 15 is 0 Å². The van der Waals surface area contributed by atoms with Gasteiger partial charge in [-0.15, -0.1) is 0 Å². The summed E-state index contributed by atoms with van der Waals surface area (Å²) in [5, 5.41) is 3.03. The smallest absolute Gasteiger partial charge is 0.220 e. The van der Waals surface area contributed by atoms with Gasteiger partial charge in [0.15, 0.2) is 0 Å². The summed E-state index contributed by atoms with van der Waals surface area (Å²) in [7, 11) is 0. The van der Waals surface area contributed by atoms with Gasteiger partial charge in [-0.2, -0.15) is 0 Å². The second kappa shape index (κ2) is 8.33. The zero-order chi connectivity index (χ0) is 14.3. The molecule has 3 N–H and O–H groups in total. The molecule has 106 valence electrons. The van der Waals surface area contributed by atoms with Gasteiger partial charge in [-0.1, -0.05) is 41.1 Å². The molecule has 4 heteroatoms. The minimum absolute atomic E-state index is 0.0212. The maximum Gasteiger partial charge on any atom is 0.220 e. The summed E-state index contributed by atoms with van der Waals surface area (Å²) in [6.07, 6.45) is 2.44. The van der Waals surface area contributed by atoms with Crippen LogP contribution >= 0.6 is 15.9 Å². The maximum absolute atomic E-state index is 11.9. The molecule has 1 aromatic carbocycles. The molecule has 0 bridgehead atoms. The average molecular weight is 327 g/mol. The van der Waals surface area contributed by atoms with E-state index in [1.54, 1.807) is 0 Å². The fourth-order valence-electron chi connectivity index (χ4n) is 2.02. The van der Waals surface area contributed by atoms with E-state index in [0.717, 1.165) is 22.9 Å². The van der Waals surface area contributed by atoms with E-state index in [9.17, 15) is 4.79 Å². The molecular weight excluding hydrogens is 304 g/mol. The van der Waals surface area contributed by atoms with E-state index in [-0.39, 0.29) is 11.9 Å². The van der Waals surface area contributed by atoms with Crippen LogP contribution in [0, 0.1) is 5.92 Å². The highest BCUT2D eigenvalue weighted by Crippen LogP contribution is 2.22. The van der Waals surface area contributed by atoms with Crippen LogP contribution in [0.3, 0.4) is 0 Å². The Labute approximate surface area is 124 Å². The summed E-state index contributed by atoms with van der Waals surface area (Å²) in [5.74, 6) is 0.613. The van der Waals surface area contributed by atoms with Crippen molar-refractivity contribution in [2.24, 2.45) is 11.7 Å². The number of benzene rings is 1. The van der Waals surface area contributed by atoms with Crippen LogP contribution in [0.5, 0.6) is 0 Å². The minimum Gasteiger partial charge on any atom is -0.350 e. The molecule has 0 aliphatic rings. The van der Waals surface area contributed by atoms with E-state index in [2.05, 4.69) is 28.2 Å². The molecule has 0 aliphatic carbocycles. The van der Waals surface area contributed by atoms with Gasteiger partial charge in [0.1, 0.15) is 0 Å². The third kappa shape index (κ3) is 5.74. The number of nitrogens with one attached hydrogen (secondary N) is 1. The quantitative estimate of drug-likeness (QED) is 0.806. The molecule has 3 nitrogen and oxygen atoms in total. The molecule has 0 saturated heterocycles. The normalized spacial score (nSPS) is 13.9. The number of amides is 1. The first-order chi connectivity index (χ1) is 9.04. The van der Waals surface area contributed by atoms with Crippen molar-refractivity contribution in [2.45, 2.75) is 39.2 Å². The van der Waals surface area contributed by atoms with Gasteiger partial charge in [-0.25, -0.2) is 0 Å². The summed E-state index contributed by atoms with van der Waals surface area (Å²) in [5.41, 5.74) is 6.61. The van der Waals surface area contributed by atoms with Crippen LogP contribution in [0.15, 0.2) is 28.7 Å². The Morgan fingerprint density at radius 2 is 2.00 bits per heavy atom. The van der Waals surface area contributed by atoms with E-state index in [0.29, 0.717) is 18.9 Å². The summed E-state index contributed by atoms with van der Waals surface area (Å²) in [6, 6.07) is 7.98. The fraction of sp³-hybridized carbons (Fsp3) is 0.533. The summed E-state index contributed by atoms with van der Waals surface area (Å²) in [6.45, 7) is 4.83. The van der Waals surface area contributed by atoms with Crippen LogP contribution in [-0.2, 0) is 4.79 Å². The van der Waals surface area contributed by atoms with Crippen molar-refractivity contribution in [3.05, 3.63) is 34.3 Å². The van der Waals surface area contributed by atoms with Crippen LogP contribution in [0.4, 0.5) is 0 Å². The lowest BCUT2D eigenvalue weighted by molar-refractivity contribution is -0.122. The highest BCUT2D eigenvalue weighted by Gasteiger charge is 2.12. The van der Waals surface area contributed by atoms with Gasteiger partial charge in [-0.05, 0) is 43.9 Å². The molecule has 0 radical (unpaired) electrons. The summed E-state index contributed by atoms with van der Waals surface area (Å²) >= 11 is 3.50. The molecule has 0 heterocycles. The number of carbonyl (C=O) groups excluding carboxylic acids is 1. The van der Waals surface area contributed by atoms with Crippen LogP contribution in [0.1, 0.15) is 44.7 Å². The Bertz CT molecular complexity index is 409. The molecule has 19 heavy (non-hydrogen) atoms. The summed E-state index contributed by atoms with van der Waals surface area (Å²) in [4.78, 5) is 11.9. The van der Waals surface area contributed by atoms with Gasteiger partial charge in [0.25, 0.3) is 0 Å². The number of rotatable bonds is 7. The SMILES string of the molecule is CC(CCN)CCC(=O)N[C@H](C)c1ccccc1Br. The van der Waals surface area contributed by atoms with Crippen LogP contribution < -0.4 is 11.1 Å². The van der Waals surface area contributed by atoms with Crippen LogP contribution in [0.25, 0.3) is 0 Å². The molecule has 1 rings (SSSR count). The monoisotopic (exact) mass is 326 g/mol. The lowest BCUT2D eigenvalue weighted by Gasteiger charge is -2.16. The van der Waals surface area contributed by atoms with Gasteiger partial charge in [0, 0.05) is 10.9 Å². The lowest BCUT2D eigenvalue weighted by atomic mass is 10.0. The van der Waals surface area contributed by atoms with Gasteiger partial charge in [0.05, 0.1) is 6.04 Å². The van der Waals surface area contributed by atoms with Crippen LogP contribution in [0.2, 0.25) is 0 Å². The first kappa shape index (κ1) is 16.2. The number of halogens is 1. The molecule has 0 spiro atoms. The Hall–Kier alpha value is -0.870. The standard InChI is InChI=1S/C15H23BrN2O/c1-11(9-10-17)7-8-15(19)18-12(2)13-5-3-4-6-14(13)16/h3-6,11-12H,7-10,17H2,1-2H3,(H,18,19)/t11?,12-/m1/s1. The maximum atomic E-state index is 11.9. The largest absolute Gasteiger partial charge is 0.350 e. The van der Waals surface area contributed by atoms with Crippen molar-refractivity contribution in [3.63, 3.8) is 0 Å². The topological polar surface area (TPSA) is 55.1 Å². The Kier molecular flexibility index (Phi) is 7.10. The Balaban J connectivity index is 2.42. The number of nitrogens with two attached hydrogens (primary N) is 1.